The first-order chi connectivity index (χ1) is 12.1. The van der Waals surface area contributed by atoms with Crippen molar-refractivity contribution < 1.29 is 9.59 Å². The Kier molecular flexibility index (Phi) is 5.33. The number of carbonyl (C=O) groups is 2. The highest BCUT2D eigenvalue weighted by atomic mass is 16.2. The highest BCUT2D eigenvalue weighted by molar-refractivity contribution is 5.96. The van der Waals surface area contributed by atoms with Gasteiger partial charge in [-0.05, 0) is 36.6 Å². The van der Waals surface area contributed by atoms with Crippen molar-refractivity contribution >= 4 is 23.2 Å². The number of benzene rings is 2. The molecular formula is C20H23N3O2. The predicted octanol–water partition coefficient (Wildman–Crippen LogP) is 3.07. The van der Waals surface area contributed by atoms with E-state index >= 15 is 0 Å². The molecule has 3 rings (SSSR count). The molecular weight excluding hydrogens is 314 g/mol. The normalized spacial score (nSPS) is 16.8. The largest absolute Gasteiger partial charge is 0.379 e. The van der Waals surface area contributed by atoms with Gasteiger partial charge in [0.25, 0.3) is 0 Å². The van der Waals surface area contributed by atoms with Gasteiger partial charge in [-0.25, -0.2) is 0 Å². The van der Waals surface area contributed by atoms with Gasteiger partial charge in [0.15, 0.2) is 0 Å². The molecule has 130 valence electrons. The number of nitrogens with one attached hydrogen (secondary N) is 3. The van der Waals surface area contributed by atoms with Crippen molar-refractivity contribution in [3.05, 3.63) is 59.7 Å². The maximum atomic E-state index is 12.5. The van der Waals surface area contributed by atoms with Crippen LogP contribution in [-0.4, -0.2) is 18.4 Å². The van der Waals surface area contributed by atoms with Gasteiger partial charge in [-0.1, -0.05) is 36.4 Å². The van der Waals surface area contributed by atoms with Crippen LogP contribution in [-0.2, 0) is 16.1 Å². The number of amides is 2. The fourth-order valence-electron chi connectivity index (χ4n) is 2.94. The topological polar surface area (TPSA) is 70.2 Å². The van der Waals surface area contributed by atoms with E-state index in [0.29, 0.717) is 25.9 Å². The average Bonchev–Trinajstić information content (AvgIpc) is 2.62. The molecule has 1 aliphatic rings. The molecule has 0 bridgehead atoms. The molecule has 1 fully saturated rings. The summed E-state index contributed by atoms with van der Waals surface area (Å²) in [6, 6.07) is 15.9. The van der Waals surface area contributed by atoms with Gasteiger partial charge in [0.2, 0.25) is 11.8 Å². The van der Waals surface area contributed by atoms with Gasteiger partial charge in [0, 0.05) is 19.5 Å². The third kappa shape index (κ3) is 4.38. The molecule has 2 aromatic carbocycles. The van der Waals surface area contributed by atoms with Gasteiger partial charge in [0.05, 0.1) is 17.3 Å². The number of hydrogen-bond donors (Lipinski definition) is 3. The minimum absolute atomic E-state index is 0.0179. The van der Waals surface area contributed by atoms with Gasteiger partial charge in [-0.3, -0.25) is 9.59 Å². The maximum absolute atomic E-state index is 12.5. The van der Waals surface area contributed by atoms with E-state index in [1.165, 1.54) is 11.1 Å². The van der Waals surface area contributed by atoms with E-state index in [2.05, 4.69) is 35.0 Å². The molecule has 0 radical (unpaired) electrons. The van der Waals surface area contributed by atoms with E-state index in [1.807, 2.05) is 36.4 Å². The van der Waals surface area contributed by atoms with Crippen LogP contribution in [0.5, 0.6) is 0 Å². The van der Waals surface area contributed by atoms with E-state index < -0.39 is 0 Å². The second kappa shape index (κ2) is 7.83. The molecule has 0 saturated carbocycles. The Morgan fingerprint density at radius 2 is 1.84 bits per heavy atom. The first-order valence-electron chi connectivity index (χ1n) is 8.58. The molecule has 2 amide bonds. The number of hydrogen-bond acceptors (Lipinski definition) is 3. The lowest BCUT2D eigenvalue weighted by molar-refractivity contribution is -0.126. The standard InChI is InChI=1S/C20H23N3O2/c1-14-6-2-3-7-15(14)12-21-17-8-4-5-9-18(17)23-20(25)16-10-11-19(24)22-13-16/h2-9,16,21H,10-13H2,1H3,(H,22,24)(H,23,25). The molecule has 1 heterocycles. The molecule has 0 aliphatic carbocycles. The molecule has 5 nitrogen and oxygen atoms in total. The number of para-hydroxylation sites is 2. The monoisotopic (exact) mass is 337 g/mol. The van der Waals surface area contributed by atoms with Gasteiger partial charge in [0.1, 0.15) is 0 Å². The van der Waals surface area contributed by atoms with E-state index in [4.69, 9.17) is 0 Å². The van der Waals surface area contributed by atoms with E-state index in [0.717, 1.165) is 11.4 Å². The lowest BCUT2D eigenvalue weighted by Crippen LogP contribution is -2.40. The van der Waals surface area contributed by atoms with E-state index in [-0.39, 0.29) is 17.7 Å². The van der Waals surface area contributed by atoms with E-state index in [9.17, 15) is 9.59 Å². The zero-order chi connectivity index (χ0) is 17.6. The number of anilines is 2. The van der Waals surface area contributed by atoms with Crippen LogP contribution in [0.1, 0.15) is 24.0 Å². The van der Waals surface area contributed by atoms with Crippen molar-refractivity contribution in [1.29, 1.82) is 0 Å². The Hall–Kier alpha value is -2.82. The summed E-state index contributed by atoms with van der Waals surface area (Å²) in [4.78, 5) is 23.7. The fraction of sp³-hybridized carbons (Fsp3) is 0.300. The molecule has 1 atom stereocenters. The highest BCUT2D eigenvalue weighted by Crippen LogP contribution is 2.24. The van der Waals surface area contributed by atoms with Crippen molar-refractivity contribution in [2.45, 2.75) is 26.3 Å². The van der Waals surface area contributed by atoms with Gasteiger partial charge in [-0.2, -0.15) is 0 Å². The number of carbonyl (C=O) groups excluding carboxylic acids is 2. The number of rotatable bonds is 5. The van der Waals surface area contributed by atoms with Crippen LogP contribution in [0.25, 0.3) is 0 Å². The summed E-state index contributed by atoms with van der Waals surface area (Å²) < 4.78 is 0. The lowest BCUT2D eigenvalue weighted by Gasteiger charge is -2.22. The molecule has 2 aromatic rings. The Balaban J connectivity index is 1.65. The SMILES string of the molecule is Cc1ccccc1CNc1ccccc1NC(=O)C1CCC(=O)NC1. The Morgan fingerprint density at radius 3 is 2.56 bits per heavy atom. The summed E-state index contributed by atoms with van der Waals surface area (Å²) >= 11 is 0. The predicted molar refractivity (Wildman–Crippen MR) is 99.3 cm³/mol. The summed E-state index contributed by atoms with van der Waals surface area (Å²) in [6.07, 6.45) is 1.00. The number of aryl methyl sites for hydroxylation is 1. The Labute approximate surface area is 147 Å². The van der Waals surface area contributed by atoms with Crippen LogP contribution in [0.15, 0.2) is 48.5 Å². The first-order valence-corrected chi connectivity index (χ1v) is 8.58. The smallest absolute Gasteiger partial charge is 0.229 e. The second-order valence-electron chi connectivity index (χ2n) is 6.35. The van der Waals surface area contributed by atoms with Crippen LogP contribution in [0.2, 0.25) is 0 Å². The maximum Gasteiger partial charge on any atom is 0.229 e. The molecule has 1 saturated heterocycles. The molecule has 0 spiro atoms. The van der Waals surface area contributed by atoms with Crippen molar-refractivity contribution in [2.24, 2.45) is 5.92 Å². The average molecular weight is 337 g/mol. The third-order valence-corrected chi connectivity index (χ3v) is 4.55. The fourth-order valence-corrected chi connectivity index (χ4v) is 2.94. The Morgan fingerprint density at radius 1 is 1.12 bits per heavy atom. The van der Waals surface area contributed by atoms with Gasteiger partial charge >= 0.3 is 0 Å². The molecule has 1 aliphatic heterocycles. The highest BCUT2D eigenvalue weighted by Gasteiger charge is 2.24. The van der Waals surface area contributed by atoms with Gasteiger partial charge in [-0.15, -0.1) is 0 Å². The summed E-state index contributed by atoms with van der Waals surface area (Å²) in [7, 11) is 0. The third-order valence-electron chi connectivity index (χ3n) is 4.55. The van der Waals surface area contributed by atoms with Crippen LogP contribution in [0.4, 0.5) is 11.4 Å². The van der Waals surface area contributed by atoms with Crippen LogP contribution in [0, 0.1) is 12.8 Å². The molecule has 3 N–H and O–H groups in total. The summed E-state index contributed by atoms with van der Waals surface area (Å²) in [6.45, 7) is 3.19. The summed E-state index contributed by atoms with van der Waals surface area (Å²) in [5.41, 5.74) is 4.10. The van der Waals surface area contributed by atoms with E-state index in [1.54, 1.807) is 0 Å². The zero-order valence-corrected chi connectivity index (χ0v) is 14.3. The van der Waals surface area contributed by atoms with Crippen molar-refractivity contribution in [2.75, 3.05) is 17.2 Å². The molecule has 0 aromatic heterocycles. The first kappa shape index (κ1) is 17.0. The van der Waals surface area contributed by atoms with Crippen molar-refractivity contribution in [1.82, 2.24) is 5.32 Å². The van der Waals surface area contributed by atoms with Crippen molar-refractivity contribution in [3.8, 4) is 0 Å². The lowest BCUT2D eigenvalue weighted by atomic mass is 9.98. The van der Waals surface area contributed by atoms with Gasteiger partial charge < -0.3 is 16.0 Å². The molecule has 25 heavy (non-hydrogen) atoms. The minimum Gasteiger partial charge on any atom is -0.379 e. The van der Waals surface area contributed by atoms with Crippen LogP contribution < -0.4 is 16.0 Å². The summed E-state index contributed by atoms with van der Waals surface area (Å²) in [5.74, 6) is -0.211. The zero-order valence-electron chi connectivity index (χ0n) is 14.3. The quantitative estimate of drug-likeness (QED) is 0.785. The number of piperidine rings is 1. The summed E-state index contributed by atoms with van der Waals surface area (Å²) in [5, 5.41) is 9.15. The Bertz CT molecular complexity index is 763. The van der Waals surface area contributed by atoms with Crippen molar-refractivity contribution in [3.63, 3.8) is 0 Å². The minimum atomic E-state index is -0.179. The van der Waals surface area contributed by atoms with Crippen LogP contribution >= 0.6 is 0 Å². The molecule has 5 heteroatoms. The van der Waals surface area contributed by atoms with Crippen LogP contribution in [0.3, 0.4) is 0 Å². The second-order valence-corrected chi connectivity index (χ2v) is 6.35. The molecule has 1 unspecified atom stereocenters.